The van der Waals surface area contributed by atoms with Crippen LogP contribution in [0.2, 0.25) is 0 Å². The number of hydrogen-bond donors (Lipinski definition) is 3. The highest BCUT2D eigenvalue weighted by atomic mass is 19.1. The summed E-state index contributed by atoms with van der Waals surface area (Å²) in [5.41, 5.74) is 1.37. The highest BCUT2D eigenvalue weighted by Gasteiger charge is 2.15. The Bertz CT molecular complexity index is 658. The maximum atomic E-state index is 13.1. The monoisotopic (exact) mass is 317 g/mol. The van der Waals surface area contributed by atoms with Gasteiger partial charge in [0, 0.05) is 6.04 Å². The number of hydrogen-bond acceptors (Lipinski definition) is 3. The third-order valence-corrected chi connectivity index (χ3v) is 3.50. The van der Waals surface area contributed by atoms with E-state index >= 15 is 0 Å². The van der Waals surface area contributed by atoms with Crippen LogP contribution in [0.4, 0.5) is 4.39 Å². The van der Waals surface area contributed by atoms with Crippen molar-refractivity contribution in [3.05, 3.63) is 65.5 Å². The fourth-order valence-electron chi connectivity index (χ4n) is 2.38. The van der Waals surface area contributed by atoms with Gasteiger partial charge >= 0.3 is 0 Å². The molecule has 0 aliphatic rings. The maximum Gasteiger partial charge on any atom is 0.223 e. The van der Waals surface area contributed by atoms with Crippen LogP contribution in [0.3, 0.4) is 0 Å². The molecular formula is C18H20FNO3. The Morgan fingerprint density at radius 1 is 1.22 bits per heavy atom. The second kappa shape index (κ2) is 7.74. The molecule has 0 spiro atoms. The number of carbonyl (C=O) groups excluding carboxylic acids is 1. The molecule has 0 fully saturated rings. The topological polar surface area (TPSA) is 69.6 Å². The third kappa shape index (κ3) is 5.38. The summed E-state index contributed by atoms with van der Waals surface area (Å²) in [6.07, 6.45) is -0.544. The quantitative estimate of drug-likeness (QED) is 0.767. The molecular weight excluding hydrogens is 297 g/mol. The summed E-state index contributed by atoms with van der Waals surface area (Å²) in [5.74, 6) is -0.542. The molecule has 0 heterocycles. The molecule has 122 valence electrons. The lowest BCUT2D eigenvalue weighted by Crippen LogP contribution is -2.34. The van der Waals surface area contributed by atoms with Crippen LogP contribution < -0.4 is 5.32 Å². The van der Waals surface area contributed by atoms with Crippen molar-refractivity contribution < 1.29 is 19.4 Å². The van der Waals surface area contributed by atoms with E-state index < -0.39 is 11.9 Å². The zero-order valence-corrected chi connectivity index (χ0v) is 12.9. The lowest BCUT2D eigenvalue weighted by molar-refractivity contribution is -0.123. The molecule has 5 heteroatoms. The molecule has 2 atom stereocenters. The largest absolute Gasteiger partial charge is 0.508 e. The summed E-state index contributed by atoms with van der Waals surface area (Å²) >= 11 is 0. The third-order valence-electron chi connectivity index (χ3n) is 3.50. The number of nitrogens with one attached hydrogen (secondary N) is 1. The number of phenolic OH excluding ortho intramolecular Hbond substituents is 1. The molecule has 2 aromatic carbocycles. The van der Waals surface area contributed by atoms with Gasteiger partial charge < -0.3 is 15.5 Å². The molecule has 2 aromatic rings. The van der Waals surface area contributed by atoms with Crippen molar-refractivity contribution in [3.8, 4) is 5.75 Å². The van der Waals surface area contributed by atoms with Gasteiger partial charge in [0.1, 0.15) is 11.6 Å². The number of aliphatic hydroxyl groups is 1. The average molecular weight is 317 g/mol. The van der Waals surface area contributed by atoms with Crippen LogP contribution >= 0.6 is 0 Å². The predicted octanol–water partition coefficient (Wildman–Crippen LogP) is 2.70. The van der Waals surface area contributed by atoms with E-state index in [1.54, 1.807) is 30.3 Å². The van der Waals surface area contributed by atoms with Crippen molar-refractivity contribution in [1.82, 2.24) is 5.32 Å². The van der Waals surface area contributed by atoms with Crippen LogP contribution in [-0.4, -0.2) is 22.2 Å². The number of benzene rings is 2. The van der Waals surface area contributed by atoms with Gasteiger partial charge in [0.15, 0.2) is 0 Å². The SMILES string of the molecule is CC(Cc1ccc(O)cc1)NC(=O)CC(O)c1cccc(F)c1. The smallest absolute Gasteiger partial charge is 0.223 e. The van der Waals surface area contributed by atoms with E-state index in [1.807, 2.05) is 6.92 Å². The number of halogens is 1. The van der Waals surface area contributed by atoms with Crippen LogP contribution in [0.1, 0.15) is 30.6 Å². The van der Waals surface area contributed by atoms with Crippen molar-refractivity contribution in [1.29, 1.82) is 0 Å². The van der Waals surface area contributed by atoms with Crippen molar-refractivity contribution in [3.63, 3.8) is 0 Å². The second-order valence-corrected chi connectivity index (χ2v) is 5.61. The molecule has 1 amide bonds. The van der Waals surface area contributed by atoms with Gasteiger partial charge in [-0.05, 0) is 48.7 Å². The average Bonchev–Trinajstić information content (AvgIpc) is 2.49. The highest BCUT2D eigenvalue weighted by Crippen LogP contribution is 2.17. The zero-order chi connectivity index (χ0) is 16.8. The van der Waals surface area contributed by atoms with E-state index in [1.165, 1.54) is 18.2 Å². The Balaban J connectivity index is 1.85. The van der Waals surface area contributed by atoms with Gasteiger partial charge in [0.05, 0.1) is 12.5 Å². The van der Waals surface area contributed by atoms with Crippen LogP contribution in [0, 0.1) is 5.82 Å². The first-order chi connectivity index (χ1) is 10.9. The lowest BCUT2D eigenvalue weighted by atomic mass is 10.0. The first-order valence-corrected chi connectivity index (χ1v) is 7.45. The summed E-state index contributed by atoms with van der Waals surface area (Å²) in [4.78, 5) is 12.0. The minimum absolute atomic E-state index is 0.119. The van der Waals surface area contributed by atoms with Gasteiger partial charge in [0.25, 0.3) is 0 Å². The van der Waals surface area contributed by atoms with Crippen LogP contribution in [-0.2, 0) is 11.2 Å². The number of aromatic hydroxyl groups is 1. The van der Waals surface area contributed by atoms with Gasteiger partial charge in [0.2, 0.25) is 5.91 Å². The van der Waals surface area contributed by atoms with Gasteiger partial charge in [-0.15, -0.1) is 0 Å². The van der Waals surface area contributed by atoms with Crippen molar-refractivity contribution in [2.75, 3.05) is 0 Å². The minimum Gasteiger partial charge on any atom is -0.508 e. The molecule has 0 radical (unpaired) electrons. The second-order valence-electron chi connectivity index (χ2n) is 5.61. The van der Waals surface area contributed by atoms with Gasteiger partial charge in [-0.25, -0.2) is 4.39 Å². The first kappa shape index (κ1) is 17.0. The molecule has 3 N–H and O–H groups in total. The highest BCUT2D eigenvalue weighted by molar-refractivity contribution is 5.77. The minimum atomic E-state index is -1.04. The Labute approximate surface area is 134 Å². The number of rotatable bonds is 6. The Hall–Kier alpha value is -2.40. The van der Waals surface area contributed by atoms with Crippen LogP contribution in [0.15, 0.2) is 48.5 Å². The van der Waals surface area contributed by atoms with E-state index in [0.29, 0.717) is 12.0 Å². The van der Waals surface area contributed by atoms with Gasteiger partial charge in [-0.2, -0.15) is 0 Å². The Morgan fingerprint density at radius 2 is 1.91 bits per heavy atom. The number of amides is 1. The molecule has 23 heavy (non-hydrogen) atoms. The number of phenols is 1. The van der Waals surface area contributed by atoms with E-state index in [0.717, 1.165) is 5.56 Å². The van der Waals surface area contributed by atoms with Crippen molar-refractivity contribution in [2.24, 2.45) is 0 Å². The maximum absolute atomic E-state index is 13.1. The van der Waals surface area contributed by atoms with Crippen LogP contribution in [0.5, 0.6) is 5.75 Å². The van der Waals surface area contributed by atoms with E-state index in [4.69, 9.17) is 0 Å². The molecule has 4 nitrogen and oxygen atoms in total. The summed E-state index contributed by atoms with van der Waals surface area (Å²) in [5, 5.41) is 22.0. The summed E-state index contributed by atoms with van der Waals surface area (Å²) in [6, 6.07) is 12.2. The summed E-state index contributed by atoms with van der Waals surface area (Å²) in [6.45, 7) is 1.86. The van der Waals surface area contributed by atoms with E-state index in [9.17, 15) is 19.4 Å². The molecule has 0 saturated heterocycles. The Morgan fingerprint density at radius 3 is 2.57 bits per heavy atom. The molecule has 2 rings (SSSR count). The fourth-order valence-corrected chi connectivity index (χ4v) is 2.38. The molecule has 0 bridgehead atoms. The normalized spacial score (nSPS) is 13.3. The number of carbonyl (C=O) groups is 1. The fraction of sp³-hybridized carbons (Fsp3) is 0.278. The Kier molecular flexibility index (Phi) is 5.71. The van der Waals surface area contributed by atoms with Gasteiger partial charge in [-0.3, -0.25) is 4.79 Å². The first-order valence-electron chi connectivity index (χ1n) is 7.45. The van der Waals surface area contributed by atoms with Crippen molar-refractivity contribution >= 4 is 5.91 Å². The molecule has 2 unspecified atom stereocenters. The van der Waals surface area contributed by atoms with E-state index in [2.05, 4.69) is 5.32 Å². The number of aliphatic hydroxyl groups excluding tert-OH is 1. The van der Waals surface area contributed by atoms with Gasteiger partial charge in [-0.1, -0.05) is 24.3 Å². The summed E-state index contributed by atoms with van der Waals surface area (Å²) < 4.78 is 13.1. The van der Waals surface area contributed by atoms with E-state index in [-0.39, 0.29) is 24.1 Å². The molecule has 0 aliphatic heterocycles. The van der Waals surface area contributed by atoms with Crippen LogP contribution in [0.25, 0.3) is 0 Å². The molecule has 0 aromatic heterocycles. The molecule has 0 saturated carbocycles. The molecule has 0 aliphatic carbocycles. The van der Waals surface area contributed by atoms with Crippen molar-refractivity contribution in [2.45, 2.75) is 31.9 Å². The summed E-state index contributed by atoms with van der Waals surface area (Å²) in [7, 11) is 0. The zero-order valence-electron chi connectivity index (χ0n) is 12.9. The predicted molar refractivity (Wildman–Crippen MR) is 85.4 cm³/mol. The standard InChI is InChI=1S/C18H20FNO3/c1-12(9-13-5-7-16(21)8-6-13)20-18(23)11-17(22)14-3-2-4-15(19)10-14/h2-8,10,12,17,21-22H,9,11H2,1H3,(H,20,23). The lowest BCUT2D eigenvalue weighted by Gasteiger charge is -2.16.